The van der Waals surface area contributed by atoms with E-state index in [9.17, 15) is 26.7 Å². The molecule has 3 rings (SSSR count). The Morgan fingerprint density at radius 3 is 2.31 bits per heavy atom. The maximum atomic E-state index is 13.3. The van der Waals surface area contributed by atoms with E-state index in [4.69, 9.17) is 5.14 Å². The topological polar surface area (TPSA) is 98.2 Å². The van der Waals surface area contributed by atoms with Gasteiger partial charge >= 0.3 is 6.18 Å². The number of hydrogen-bond acceptors (Lipinski definition) is 5. The molecule has 29 heavy (non-hydrogen) atoms. The number of aromatic nitrogens is 2. The Morgan fingerprint density at radius 2 is 1.79 bits per heavy atom. The van der Waals surface area contributed by atoms with Gasteiger partial charge in [-0.25, -0.2) is 18.2 Å². The number of halogens is 3. The van der Waals surface area contributed by atoms with E-state index in [2.05, 4.69) is 5.10 Å². The molecule has 0 aliphatic heterocycles. The number of benzene rings is 2. The second-order valence-corrected chi connectivity index (χ2v) is 8.46. The summed E-state index contributed by atoms with van der Waals surface area (Å²) >= 11 is 1.49. The highest BCUT2D eigenvalue weighted by Crippen LogP contribution is 2.34. The molecule has 0 unspecified atom stereocenters. The van der Waals surface area contributed by atoms with Gasteiger partial charge in [-0.15, -0.1) is 11.8 Å². The van der Waals surface area contributed by atoms with E-state index in [1.165, 1.54) is 23.9 Å². The zero-order valence-electron chi connectivity index (χ0n) is 15.0. The summed E-state index contributed by atoms with van der Waals surface area (Å²) in [6.07, 6.45) is -2.79. The Hall–Kier alpha value is -2.34. The lowest BCUT2D eigenvalue weighted by atomic mass is 10.1. The summed E-state index contributed by atoms with van der Waals surface area (Å²) in [5.41, 5.74) is -0.328. The molecule has 0 saturated carbocycles. The van der Waals surface area contributed by atoms with Gasteiger partial charge in [0.25, 0.3) is 0 Å². The summed E-state index contributed by atoms with van der Waals surface area (Å²) in [5, 5.41) is 18.3. The zero-order chi connectivity index (χ0) is 21.4. The van der Waals surface area contributed by atoms with Crippen LogP contribution in [0.4, 0.5) is 13.2 Å². The van der Waals surface area contributed by atoms with Crippen LogP contribution in [0.5, 0.6) is 0 Å². The summed E-state index contributed by atoms with van der Waals surface area (Å²) < 4.78 is 64.2. The van der Waals surface area contributed by atoms with Gasteiger partial charge in [0.1, 0.15) is 0 Å². The lowest BCUT2D eigenvalue weighted by Crippen LogP contribution is -2.15. The van der Waals surface area contributed by atoms with Gasteiger partial charge in [-0.05, 0) is 48.2 Å². The van der Waals surface area contributed by atoms with Crippen LogP contribution in [0.3, 0.4) is 0 Å². The van der Waals surface area contributed by atoms with E-state index in [0.29, 0.717) is 5.56 Å². The van der Waals surface area contributed by atoms with Gasteiger partial charge in [-0.1, -0.05) is 12.1 Å². The molecular weight excluding hydrogens is 427 g/mol. The number of aliphatic hydroxyl groups excluding tert-OH is 1. The molecule has 0 atom stereocenters. The van der Waals surface area contributed by atoms with E-state index < -0.39 is 28.5 Å². The molecule has 0 spiro atoms. The van der Waals surface area contributed by atoms with Crippen molar-refractivity contribution in [3.05, 3.63) is 59.8 Å². The number of aliphatic hydroxyl groups is 1. The molecule has 1 heterocycles. The van der Waals surface area contributed by atoms with E-state index in [1.54, 1.807) is 24.3 Å². The number of alkyl halides is 3. The van der Waals surface area contributed by atoms with Crippen LogP contribution in [-0.4, -0.2) is 29.6 Å². The molecule has 2 aromatic carbocycles. The van der Waals surface area contributed by atoms with Crippen LogP contribution in [0.2, 0.25) is 0 Å². The molecule has 3 N–H and O–H groups in total. The molecule has 0 fully saturated rings. The lowest BCUT2D eigenvalue weighted by molar-refractivity contribution is -0.141. The fourth-order valence-electron chi connectivity index (χ4n) is 2.78. The first kappa shape index (κ1) is 21.4. The number of thioether (sulfide) groups is 1. The van der Waals surface area contributed by atoms with Crippen molar-refractivity contribution >= 4 is 21.8 Å². The molecule has 154 valence electrons. The van der Waals surface area contributed by atoms with Crippen molar-refractivity contribution in [1.82, 2.24) is 9.78 Å². The highest BCUT2D eigenvalue weighted by Gasteiger charge is 2.35. The first-order valence-electron chi connectivity index (χ1n) is 8.13. The molecule has 3 aromatic rings. The minimum Gasteiger partial charge on any atom is -0.392 e. The number of nitrogens with two attached hydrogens (primary N) is 1. The fraction of sp³-hybridized carbons (Fsp3) is 0.167. The number of primary sulfonamides is 1. The third-order valence-corrected chi connectivity index (χ3v) is 5.91. The summed E-state index contributed by atoms with van der Waals surface area (Å²) in [7, 11) is -4.10. The molecular formula is C18H16F3N3O3S2. The Balaban J connectivity index is 2.21. The number of rotatable bonds is 5. The zero-order valence-corrected chi connectivity index (χ0v) is 16.6. The predicted octanol–water partition coefficient (Wildman–Crippen LogP) is 3.42. The van der Waals surface area contributed by atoms with E-state index >= 15 is 0 Å². The first-order chi connectivity index (χ1) is 13.5. The molecule has 6 nitrogen and oxygen atoms in total. The molecule has 0 radical (unpaired) electrons. The molecule has 0 bridgehead atoms. The Morgan fingerprint density at radius 1 is 1.14 bits per heavy atom. The van der Waals surface area contributed by atoms with Crippen molar-refractivity contribution in [2.24, 2.45) is 5.14 Å². The van der Waals surface area contributed by atoms with E-state index in [-0.39, 0.29) is 21.8 Å². The van der Waals surface area contributed by atoms with Crippen LogP contribution in [0.25, 0.3) is 16.9 Å². The Bertz CT molecular complexity index is 1140. The summed E-state index contributed by atoms with van der Waals surface area (Å²) in [4.78, 5) is 0.633. The van der Waals surface area contributed by atoms with Gasteiger partial charge in [-0.2, -0.15) is 18.3 Å². The summed E-state index contributed by atoms with van der Waals surface area (Å²) in [6.45, 7) is -0.662. The number of sulfonamides is 1. The normalized spacial score (nSPS) is 12.3. The van der Waals surface area contributed by atoms with Crippen molar-refractivity contribution in [2.45, 2.75) is 22.6 Å². The molecule has 0 aliphatic carbocycles. The summed E-state index contributed by atoms with van der Waals surface area (Å²) in [6, 6.07) is 11.5. The minimum absolute atomic E-state index is 0.0438. The van der Waals surface area contributed by atoms with Crippen LogP contribution in [0, 0.1) is 0 Å². The van der Waals surface area contributed by atoms with E-state index in [1.807, 2.05) is 6.26 Å². The summed E-state index contributed by atoms with van der Waals surface area (Å²) in [5.74, 6) is 0. The largest absolute Gasteiger partial charge is 0.435 e. The van der Waals surface area contributed by atoms with Crippen LogP contribution >= 0.6 is 11.8 Å². The highest BCUT2D eigenvalue weighted by atomic mass is 32.2. The molecule has 0 amide bonds. The van der Waals surface area contributed by atoms with Gasteiger partial charge in [0.05, 0.1) is 22.9 Å². The van der Waals surface area contributed by atoms with Gasteiger partial charge in [-0.3, -0.25) is 0 Å². The van der Waals surface area contributed by atoms with E-state index in [0.717, 1.165) is 21.7 Å². The maximum absolute atomic E-state index is 13.3. The van der Waals surface area contributed by atoms with Crippen molar-refractivity contribution in [3.8, 4) is 16.9 Å². The van der Waals surface area contributed by atoms with Crippen LogP contribution in [0.1, 0.15) is 11.3 Å². The smallest absolute Gasteiger partial charge is 0.392 e. The second kappa shape index (κ2) is 7.82. The van der Waals surface area contributed by atoms with Crippen LogP contribution < -0.4 is 5.14 Å². The number of nitrogens with zero attached hydrogens (tertiary/aromatic N) is 2. The van der Waals surface area contributed by atoms with Crippen molar-refractivity contribution < 1.29 is 26.7 Å². The van der Waals surface area contributed by atoms with Crippen LogP contribution in [-0.2, 0) is 22.8 Å². The average molecular weight is 443 g/mol. The van der Waals surface area contributed by atoms with Gasteiger partial charge in [0.15, 0.2) is 5.69 Å². The molecule has 11 heteroatoms. The third kappa shape index (κ3) is 4.47. The lowest BCUT2D eigenvalue weighted by Gasteiger charge is -2.12. The van der Waals surface area contributed by atoms with Gasteiger partial charge in [0, 0.05) is 10.5 Å². The highest BCUT2D eigenvalue weighted by molar-refractivity contribution is 7.98. The average Bonchev–Trinajstić information content (AvgIpc) is 3.12. The van der Waals surface area contributed by atoms with Crippen LogP contribution in [0.15, 0.2) is 58.3 Å². The Labute approximate surface area is 169 Å². The minimum atomic E-state index is -4.67. The molecule has 1 aromatic heterocycles. The quantitative estimate of drug-likeness (QED) is 0.589. The van der Waals surface area contributed by atoms with Crippen molar-refractivity contribution in [1.29, 1.82) is 0 Å². The second-order valence-electron chi connectivity index (χ2n) is 6.05. The van der Waals surface area contributed by atoms with Crippen molar-refractivity contribution in [2.75, 3.05) is 6.26 Å². The number of hydrogen-bond donors (Lipinski definition) is 2. The fourth-order valence-corrected chi connectivity index (χ4v) is 3.94. The van der Waals surface area contributed by atoms with Crippen molar-refractivity contribution in [3.63, 3.8) is 0 Å². The standard InChI is InChI=1S/C18H16F3N3O3S2/c1-28-14-5-2-11(3-6-14)15-9-17(18(19,20)21)23-24(15)13-4-7-16(29(22,26)27)12(8-13)10-25/h2-9,25H,10H2,1H3,(H2,22,26,27). The maximum Gasteiger partial charge on any atom is 0.435 e. The van der Waals surface area contributed by atoms with Gasteiger partial charge < -0.3 is 5.11 Å². The first-order valence-corrected chi connectivity index (χ1v) is 10.9. The third-order valence-electron chi connectivity index (χ3n) is 4.15. The Kier molecular flexibility index (Phi) is 5.77. The molecule has 0 aliphatic rings. The predicted molar refractivity (Wildman–Crippen MR) is 103 cm³/mol. The molecule has 0 saturated heterocycles. The monoisotopic (exact) mass is 443 g/mol. The SMILES string of the molecule is CSc1ccc(-c2cc(C(F)(F)F)nn2-c2ccc(S(N)(=O)=O)c(CO)c2)cc1. The van der Waals surface area contributed by atoms with Gasteiger partial charge in [0.2, 0.25) is 10.0 Å².